The van der Waals surface area contributed by atoms with Gasteiger partial charge in [0.05, 0.1) is 22.8 Å². The fraction of sp³-hybridized carbons (Fsp3) is 0.444. The van der Waals surface area contributed by atoms with E-state index in [0.29, 0.717) is 48.3 Å². The molecule has 8 nitrogen and oxygen atoms in total. The molecule has 0 saturated heterocycles. The summed E-state index contributed by atoms with van der Waals surface area (Å²) in [5.74, 6) is -1.16. The van der Waals surface area contributed by atoms with Crippen LogP contribution in [0, 0.1) is 23.6 Å². The van der Waals surface area contributed by atoms with Crippen molar-refractivity contribution in [3.8, 4) is 5.75 Å². The number of rotatable bonds is 1. The molecule has 5 atom stereocenters. The molecular weight excluding hydrogens is 641 g/mol. The van der Waals surface area contributed by atoms with Gasteiger partial charge in [0.25, 0.3) is 5.91 Å². The average molecular weight is 682 g/mol. The van der Waals surface area contributed by atoms with Crippen LogP contribution in [0.5, 0.6) is 5.75 Å². The Hall–Kier alpha value is -3.47. The highest BCUT2D eigenvalue weighted by atomic mass is 35.5. The van der Waals surface area contributed by atoms with E-state index < -0.39 is 32.6 Å². The lowest BCUT2D eigenvalue weighted by molar-refractivity contribution is -0.0528. The van der Waals surface area contributed by atoms with Crippen molar-refractivity contribution in [3.05, 3.63) is 100 Å². The Bertz CT molecular complexity index is 1770. The molecule has 1 aromatic heterocycles. The van der Waals surface area contributed by atoms with Crippen LogP contribution in [-0.4, -0.2) is 42.8 Å². The molecule has 47 heavy (non-hydrogen) atoms. The van der Waals surface area contributed by atoms with Crippen LogP contribution in [0.1, 0.15) is 73.1 Å². The zero-order valence-corrected chi connectivity index (χ0v) is 28.2. The summed E-state index contributed by atoms with van der Waals surface area (Å²) in [6, 6.07) is 13.7. The first-order chi connectivity index (χ1) is 22.4. The van der Waals surface area contributed by atoms with Gasteiger partial charge in [0.1, 0.15) is 23.8 Å². The number of hydrogen-bond donors (Lipinski definition) is 2. The molecule has 3 aliphatic rings. The number of ether oxygens (including phenoxy) is 1. The Balaban J connectivity index is 1.43. The minimum Gasteiger partial charge on any atom is -0.487 e. The molecule has 0 radical (unpaired) electrons. The van der Waals surface area contributed by atoms with E-state index in [9.17, 15) is 22.7 Å². The van der Waals surface area contributed by atoms with Crippen molar-refractivity contribution in [2.45, 2.75) is 69.8 Å². The molecule has 6 rings (SSSR count). The molecular formula is C36H41ClFN3O5S. The highest BCUT2D eigenvalue weighted by molar-refractivity contribution is 7.90. The number of fused-ring (bicyclic) bond motifs is 3. The minimum atomic E-state index is -4.04. The maximum Gasteiger partial charge on any atom is 0.264 e. The van der Waals surface area contributed by atoms with Crippen LogP contribution < -0.4 is 14.4 Å². The maximum absolute atomic E-state index is 13.9. The van der Waals surface area contributed by atoms with Gasteiger partial charge in [-0.25, -0.2) is 17.5 Å². The Labute approximate surface area is 281 Å². The molecule has 1 saturated carbocycles. The van der Waals surface area contributed by atoms with Gasteiger partial charge >= 0.3 is 0 Å². The van der Waals surface area contributed by atoms with E-state index in [1.807, 2.05) is 18.2 Å². The number of carbonyl (C=O) groups is 1. The van der Waals surface area contributed by atoms with E-state index in [2.05, 4.69) is 14.6 Å². The second kappa shape index (κ2) is 13.6. The van der Waals surface area contributed by atoms with Crippen molar-refractivity contribution >= 4 is 33.2 Å². The fourth-order valence-electron chi connectivity index (χ4n) is 6.98. The van der Waals surface area contributed by atoms with Crippen LogP contribution in [-0.2, 0) is 28.7 Å². The van der Waals surface area contributed by atoms with Crippen LogP contribution in [0.25, 0.3) is 0 Å². The van der Waals surface area contributed by atoms with Crippen molar-refractivity contribution in [1.29, 1.82) is 0 Å². The Morgan fingerprint density at radius 2 is 1.91 bits per heavy atom. The van der Waals surface area contributed by atoms with Crippen LogP contribution in [0.4, 0.5) is 10.1 Å². The van der Waals surface area contributed by atoms with E-state index in [1.54, 1.807) is 44.2 Å². The zero-order chi connectivity index (χ0) is 33.3. The van der Waals surface area contributed by atoms with Crippen LogP contribution in [0.15, 0.2) is 66.9 Å². The molecule has 2 N–H and O–H groups in total. The van der Waals surface area contributed by atoms with E-state index >= 15 is 0 Å². The van der Waals surface area contributed by atoms with Crippen molar-refractivity contribution < 1.29 is 27.4 Å². The molecule has 0 unspecified atom stereocenters. The normalized spacial score (nSPS) is 28.7. The van der Waals surface area contributed by atoms with Crippen LogP contribution in [0.3, 0.4) is 0 Å². The summed E-state index contributed by atoms with van der Waals surface area (Å²) in [4.78, 5) is 19.9. The quantitative estimate of drug-likeness (QED) is 0.280. The molecule has 0 spiro atoms. The highest BCUT2D eigenvalue weighted by Crippen LogP contribution is 2.48. The van der Waals surface area contributed by atoms with Crippen molar-refractivity contribution in [1.82, 2.24) is 9.71 Å². The number of halogens is 2. The smallest absolute Gasteiger partial charge is 0.264 e. The summed E-state index contributed by atoms with van der Waals surface area (Å²) in [5.41, 5.74) is 1.93. The Morgan fingerprint density at radius 3 is 2.66 bits per heavy atom. The first kappa shape index (κ1) is 33.4. The number of pyridine rings is 1. The molecule has 2 aliphatic heterocycles. The molecule has 2 aromatic carbocycles. The summed E-state index contributed by atoms with van der Waals surface area (Å²) < 4.78 is 49.4. The number of hydrogen-bond acceptors (Lipinski definition) is 7. The summed E-state index contributed by atoms with van der Waals surface area (Å²) >= 11 is 6.33. The number of carbonyl (C=O) groups excluding carboxylic acids is 1. The summed E-state index contributed by atoms with van der Waals surface area (Å²) in [5, 5.41) is 12.1. The summed E-state index contributed by atoms with van der Waals surface area (Å²) in [6.07, 6.45) is 9.12. The molecule has 250 valence electrons. The number of aliphatic hydroxyl groups is 1. The van der Waals surface area contributed by atoms with E-state index in [1.165, 1.54) is 12.1 Å². The lowest BCUT2D eigenvalue weighted by atomic mass is 9.63. The lowest BCUT2D eigenvalue weighted by Crippen LogP contribution is -2.49. The highest BCUT2D eigenvalue weighted by Gasteiger charge is 2.48. The van der Waals surface area contributed by atoms with Gasteiger partial charge in [0.15, 0.2) is 0 Å². The molecule has 3 aromatic rings. The van der Waals surface area contributed by atoms with Gasteiger partial charge in [-0.3, -0.25) is 9.78 Å². The largest absolute Gasteiger partial charge is 0.487 e. The predicted molar refractivity (Wildman–Crippen MR) is 180 cm³/mol. The molecule has 1 amide bonds. The van der Waals surface area contributed by atoms with E-state index in [-0.39, 0.29) is 23.3 Å². The number of anilines is 1. The monoisotopic (exact) mass is 681 g/mol. The first-order valence-corrected chi connectivity index (χ1v) is 18.2. The number of aromatic nitrogens is 1. The minimum absolute atomic E-state index is 0.0487. The van der Waals surface area contributed by atoms with Crippen molar-refractivity contribution in [3.63, 3.8) is 0 Å². The second-order valence-electron chi connectivity index (χ2n) is 13.2. The number of aryl methyl sites for hydroxylation is 1. The summed E-state index contributed by atoms with van der Waals surface area (Å²) in [6.45, 7) is 4.88. The number of amides is 1. The number of sulfonamides is 1. The number of nitrogens with zero attached hydrogens (tertiary/aromatic N) is 2. The zero-order valence-electron chi connectivity index (χ0n) is 26.7. The predicted octanol–water partition coefficient (Wildman–Crippen LogP) is 6.55. The average Bonchev–Trinajstić information content (AvgIpc) is 3.05. The van der Waals surface area contributed by atoms with Crippen LogP contribution >= 0.6 is 11.6 Å². The van der Waals surface area contributed by atoms with Gasteiger partial charge in [0, 0.05) is 29.6 Å². The second-order valence-corrected chi connectivity index (χ2v) is 15.7. The van der Waals surface area contributed by atoms with Crippen molar-refractivity contribution in [2.75, 3.05) is 18.0 Å². The topological polar surface area (TPSA) is 109 Å². The van der Waals surface area contributed by atoms with Crippen LogP contribution in [0.2, 0.25) is 5.02 Å². The van der Waals surface area contributed by atoms with Crippen molar-refractivity contribution in [2.24, 2.45) is 17.8 Å². The SMILES string of the molecule is C[C@@H]1[C@@H](C)C/C=C/[C@](O)(c2ccc(F)cn2)[C@@H]2CC[C@H]2CN2CCCCc3cc(Cl)ccc3COc3ccc(cc32)C(=O)NS1(=O)=O. The number of benzene rings is 2. The summed E-state index contributed by atoms with van der Waals surface area (Å²) in [7, 11) is -4.04. The third-order valence-electron chi connectivity index (χ3n) is 10.2. The fourth-order valence-corrected chi connectivity index (χ4v) is 8.46. The number of allylic oxidation sites excluding steroid dienone is 1. The van der Waals surface area contributed by atoms with Gasteiger partial charge in [-0.15, -0.1) is 0 Å². The lowest BCUT2D eigenvalue weighted by Gasteiger charge is -2.48. The van der Waals surface area contributed by atoms with E-state index in [0.717, 1.165) is 49.4 Å². The Morgan fingerprint density at radius 1 is 1.09 bits per heavy atom. The van der Waals surface area contributed by atoms with Gasteiger partial charge in [-0.2, -0.15) is 0 Å². The third-order valence-corrected chi connectivity index (χ3v) is 12.4. The maximum atomic E-state index is 13.9. The molecule has 2 bridgehead atoms. The van der Waals surface area contributed by atoms with Gasteiger partial charge in [-0.05, 0) is 111 Å². The third kappa shape index (κ3) is 7.05. The Kier molecular flexibility index (Phi) is 9.65. The standard InChI is InChI=1S/C36H41ClFN3O5S/c1-23-6-5-16-36(43,34-15-12-30(38)20-39-34)31-13-9-27(31)21-41-17-4-3-7-25-18-29(37)11-8-28(25)22-46-33-14-10-26(19-32(33)41)35(42)40-47(44,45)24(23)2/h5,8,10-12,14-16,18-20,23-24,27,31,43H,3-4,6-7,9,13,17,21-22H2,1-2H3,(H,40,42)/b16-5+/t23-,24+,27-,31+,36+/m0/s1. The first-order valence-electron chi connectivity index (χ1n) is 16.3. The molecule has 11 heteroatoms. The molecule has 1 fully saturated rings. The van der Waals surface area contributed by atoms with Gasteiger partial charge < -0.3 is 14.7 Å². The molecule has 1 aliphatic carbocycles. The van der Waals surface area contributed by atoms with E-state index in [4.69, 9.17) is 16.3 Å². The van der Waals surface area contributed by atoms with Gasteiger partial charge in [-0.1, -0.05) is 36.7 Å². The number of nitrogens with one attached hydrogen (secondary N) is 1. The van der Waals surface area contributed by atoms with Gasteiger partial charge in [0.2, 0.25) is 10.0 Å². The molecule has 3 heterocycles.